The molecule has 0 N–H and O–H groups in total. The van der Waals surface area contributed by atoms with Crippen molar-refractivity contribution < 1.29 is 19.2 Å². The second-order valence-electron chi connectivity index (χ2n) is 5.33. The molecule has 24 heavy (non-hydrogen) atoms. The van der Waals surface area contributed by atoms with Gasteiger partial charge in [0.15, 0.2) is 6.79 Å². The average Bonchev–Trinajstić information content (AvgIpc) is 2.59. The first-order valence-corrected chi connectivity index (χ1v) is 7.37. The van der Waals surface area contributed by atoms with Crippen LogP contribution in [0.15, 0.2) is 41.6 Å². The van der Waals surface area contributed by atoms with E-state index in [4.69, 9.17) is 14.3 Å². The van der Waals surface area contributed by atoms with E-state index in [0.717, 1.165) is 11.1 Å². The van der Waals surface area contributed by atoms with E-state index in [9.17, 15) is 10.1 Å². The van der Waals surface area contributed by atoms with Crippen LogP contribution in [0, 0.1) is 17.0 Å². The highest BCUT2D eigenvalue weighted by Gasteiger charge is 2.21. The molecule has 2 aromatic carbocycles. The maximum Gasteiger partial charge on any atom is 0.270 e. The van der Waals surface area contributed by atoms with Gasteiger partial charge in [-0.2, -0.15) is 0 Å². The van der Waals surface area contributed by atoms with Gasteiger partial charge in [0.05, 0.1) is 17.7 Å². The third kappa shape index (κ3) is 3.52. The Morgan fingerprint density at radius 1 is 1.38 bits per heavy atom. The number of nitrogens with zero attached hydrogens (tertiary/aromatic N) is 2. The summed E-state index contributed by atoms with van der Waals surface area (Å²) in [7, 11) is 0. The molecule has 0 aromatic heterocycles. The first kappa shape index (κ1) is 15.9. The van der Waals surface area contributed by atoms with Gasteiger partial charge in [-0.3, -0.25) is 10.1 Å². The first-order chi connectivity index (χ1) is 11.6. The third-order valence-electron chi connectivity index (χ3n) is 3.66. The second-order valence-corrected chi connectivity index (χ2v) is 5.33. The Kier molecular flexibility index (Phi) is 4.72. The highest BCUT2D eigenvalue weighted by molar-refractivity contribution is 5.81. The number of nitro benzene ring substituents is 1. The number of aryl methyl sites for hydroxylation is 1. The summed E-state index contributed by atoms with van der Waals surface area (Å²) in [6, 6.07) is 10.7. The Morgan fingerprint density at radius 2 is 2.21 bits per heavy atom. The minimum atomic E-state index is -0.449. The molecule has 0 atom stereocenters. The molecule has 0 radical (unpaired) electrons. The molecule has 0 saturated heterocycles. The summed E-state index contributed by atoms with van der Waals surface area (Å²) >= 11 is 0. The molecule has 0 fully saturated rings. The Bertz CT molecular complexity index is 789. The van der Waals surface area contributed by atoms with Crippen molar-refractivity contribution in [3.8, 4) is 5.75 Å². The van der Waals surface area contributed by atoms with Crippen molar-refractivity contribution >= 4 is 11.9 Å². The molecule has 0 amide bonds. The largest absolute Gasteiger partial charge is 0.467 e. The van der Waals surface area contributed by atoms with Gasteiger partial charge < -0.3 is 14.3 Å². The van der Waals surface area contributed by atoms with E-state index in [1.54, 1.807) is 6.21 Å². The van der Waals surface area contributed by atoms with Crippen LogP contribution in [-0.4, -0.2) is 17.9 Å². The van der Waals surface area contributed by atoms with E-state index < -0.39 is 4.92 Å². The van der Waals surface area contributed by atoms with Gasteiger partial charge in [0.1, 0.15) is 12.4 Å². The highest BCUT2D eigenvalue weighted by Crippen LogP contribution is 2.33. The predicted molar refractivity (Wildman–Crippen MR) is 86.9 cm³/mol. The van der Waals surface area contributed by atoms with Crippen molar-refractivity contribution in [2.24, 2.45) is 5.16 Å². The van der Waals surface area contributed by atoms with Gasteiger partial charge in [-0.25, -0.2) is 0 Å². The number of hydrogen-bond acceptors (Lipinski definition) is 6. The second kappa shape index (κ2) is 7.10. The molecule has 1 aliphatic rings. The minimum absolute atomic E-state index is 0.0238. The van der Waals surface area contributed by atoms with Gasteiger partial charge in [-0.1, -0.05) is 29.4 Å². The van der Waals surface area contributed by atoms with Gasteiger partial charge in [-0.15, -0.1) is 0 Å². The molecule has 0 bridgehead atoms. The summed E-state index contributed by atoms with van der Waals surface area (Å²) in [5, 5.41) is 15.0. The van der Waals surface area contributed by atoms with E-state index in [0.29, 0.717) is 16.9 Å². The van der Waals surface area contributed by atoms with E-state index in [1.807, 2.05) is 31.2 Å². The van der Waals surface area contributed by atoms with Crippen LogP contribution in [0.1, 0.15) is 22.3 Å². The number of non-ortho nitro benzene ring substituents is 1. The van der Waals surface area contributed by atoms with Crippen LogP contribution >= 0.6 is 0 Å². The summed E-state index contributed by atoms with van der Waals surface area (Å²) in [6.07, 6.45) is 1.61. The summed E-state index contributed by atoms with van der Waals surface area (Å²) < 4.78 is 10.6. The van der Waals surface area contributed by atoms with Crippen molar-refractivity contribution in [1.29, 1.82) is 0 Å². The lowest BCUT2D eigenvalue weighted by atomic mass is 10.1. The van der Waals surface area contributed by atoms with E-state index in [2.05, 4.69) is 5.16 Å². The Hall–Kier alpha value is -2.93. The number of hydrogen-bond donors (Lipinski definition) is 0. The molecule has 1 aliphatic heterocycles. The van der Waals surface area contributed by atoms with Crippen LogP contribution in [0.2, 0.25) is 0 Å². The molecular weight excluding hydrogens is 312 g/mol. The fourth-order valence-electron chi connectivity index (χ4n) is 2.43. The molecule has 7 nitrogen and oxygen atoms in total. The summed E-state index contributed by atoms with van der Waals surface area (Å²) in [4.78, 5) is 15.9. The third-order valence-corrected chi connectivity index (χ3v) is 3.66. The zero-order valence-corrected chi connectivity index (χ0v) is 13.1. The molecule has 2 aromatic rings. The van der Waals surface area contributed by atoms with Gasteiger partial charge in [0.25, 0.3) is 5.69 Å². The van der Waals surface area contributed by atoms with Crippen molar-refractivity contribution in [2.75, 3.05) is 6.79 Å². The normalized spacial score (nSPS) is 13.4. The molecule has 3 rings (SSSR count). The van der Waals surface area contributed by atoms with Gasteiger partial charge in [0.2, 0.25) is 0 Å². The van der Waals surface area contributed by atoms with Crippen molar-refractivity contribution in [2.45, 2.75) is 20.1 Å². The quantitative estimate of drug-likeness (QED) is 0.477. The first-order valence-electron chi connectivity index (χ1n) is 7.37. The van der Waals surface area contributed by atoms with E-state index in [-0.39, 0.29) is 25.7 Å². The van der Waals surface area contributed by atoms with Crippen molar-refractivity contribution in [3.63, 3.8) is 0 Å². The number of benzene rings is 2. The standard InChI is InChI=1S/C17H16N2O5/c1-12-4-2-3-5-13(12)8-18-24-10-15-7-16(19(20)21)6-14-9-22-11-23-17(14)15/h2-8H,9-11H2,1H3/b18-8-. The van der Waals surface area contributed by atoms with Crippen LogP contribution in [0.4, 0.5) is 5.69 Å². The van der Waals surface area contributed by atoms with Crippen LogP contribution in [0.25, 0.3) is 0 Å². The summed E-state index contributed by atoms with van der Waals surface area (Å²) in [5.41, 5.74) is 3.21. The fourth-order valence-corrected chi connectivity index (χ4v) is 2.43. The highest BCUT2D eigenvalue weighted by atomic mass is 16.7. The lowest BCUT2D eigenvalue weighted by molar-refractivity contribution is -0.385. The molecule has 7 heteroatoms. The molecule has 0 saturated carbocycles. The van der Waals surface area contributed by atoms with Crippen LogP contribution in [0.3, 0.4) is 0 Å². The molecule has 0 spiro atoms. The zero-order valence-electron chi connectivity index (χ0n) is 13.1. The SMILES string of the molecule is Cc1ccccc1/C=N\OCc1cc([N+](=O)[O-])cc2c1OCOC2. The molecular formula is C17H16N2O5. The molecule has 0 unspecified atom stereocenters. The lowest BCUT2D eigenvalue weighted by Gasteiger charge is -2.20. The van der Waals surface area contributed by atoms with Crippen LogP contribution in [0.5, 0.6) is 5.75 Å². The number of nitro groups is 1. The monoisotopic (exact) mass is 328 g/mol. The minimum Gasteiger partial charge on any atom is -0.467 e. The Balaban J connectivity index is 1.76. The smallest absolute Gasteiger partial charge is 0.270 e. The van der Waals surface area contributed by atoms with Crippen molar-refractivity contribution in [3.05, 3.63) is 68.8 Å². The van der Waals surface area contributed by atoms with Gasteiger partial charge in [-0.05, 0) is 18.1 Å². The number of oxime groups is 1. The topological polar surface area (TPSA) is 83.2 Å². The molecule has 0 aliphatic carbocycles. The Morgan fingerprint density at radius 3 is 3.00 bits per heavy atom. The van der Waals surface area contributed by atoms with E-state index in [1.165, 1.54) is 12.1 Å². The molecule has 1 heterocycles. The number of ether oxygens (including phenoxy) is 2. The maximum atomic E-state index is 11.0. The van der Waals surface area contributed by atoms with Crippen LogP contribution < -0.4 is 4.74 Å². The maximum absolute atomic E-state index is 11.0. The Labute approximate surface area is 138 Å². The van der Waals surface area contributed by atoms with E-state index >= 15 is 0 Å². The van der Waals surface area contributed by atoms with Gasteiger partial charge in [0, 0.05) is 23.3 Å². The molecule has 124 valence electrons. The number of fused-ring (bicyclic) bond motifs is 1. The fraction of sp³-hybridized carbons (Fsp3) is 0.235. The summed E-state index contributed by atoms with van der Waals surface area (Å²) in [5.74, 6) is 0.568. The van der Waals surface area contributed by atoms with Crippen LogP contribution in [-0.2, 0) is 22.8 Å². The summed E-state index contributed by atoms with van der Waals surface area (Å²) in [6.45, 7) is 2.44. The predicted octanol–water partition coefficient (Wildman–Crippen LogP) is 3.32. The zero-order chi connectivity index (χ0) is 16.9. The lowest BCUT2D eigenvalue weighted by Crippen LogP contribution is -2.14. The van der Waals surface area contributed by atoms with Gasteiger partial charge >= 0.3 is 0 Å². The number of rotatable bonds is 5. The van der Waals surface area contributed by atoms with Crippen molar-refractivity contribution in [1.82, 2.24) is 0 Å². The average molecular weight is 328 g/mol.